The van der Waals surface area contributed by atoms with Gasteiger partial charge in [0.25, 0.3) is 0 Å². The summed E-state index contributed by atoms with van der Waals surface area (Å²) in [5.41, 5.74) is 0. The predicted molar refractivity (Wildman–Crippen MR) is 79.3 cm³/mol. The second-order valence-corrected chi connectivity index (χ2v) is 7.85. The van der Waals surface area contributed by atoms with Crippen LogP contribution < -0.4 is 4.72 Å². The van der Waals surface area contributed by atoms with Crippen molar-refractivity contribution in [1.82, 2.24) is 14.5 Å². The van der Waals surface area contributed by atoms with Crippen LogP contribution in [0.5, 0.6) is 0 Å². The topological polar surface area (TPSA) is 72.9 Å². The smallest absolute Gasteiger partial charge is 0.241 e. The summed E-state index contributed by atoms with van der Waals surface area (Å²) in [5.74, 6) is 0. The highest BCUT2D eigenvalue weighted by molar-refractivity contribution is 7.89. The van der Waals surface area contributed by atoms with Gasteiger partial charge in [0.1, 0.15) is 0 Å². The maximum atomic E-state index is 12.3. The lowest BCUT2D eigenvalue weighted by Crippen LogP contribution is -2.54. The van der Waals surface area contributed by atoms with Crippen molar-refractivity contribution in [3.63, 3.8) is 0 Å². The van der Waals surface area contributed by atoms with Crippen molar-refractivity contribution in [1.29, 1.82) is 0 Å². The van der Waals surface area contributed by atoms with Crippen LogP contribution in [0.3, 0.4) is 0 Å². The molecule has 2 N–H and O–H groups in total. The molecule has 0 aromatic carbocycles. The maximum absolute atomic E-state index is 12.3. The molecule has 6 nitrogen and oxygen atoms in total. The Bertz CT molecular complexity index is 544. The quantitative estimate of drug-likeness (QED) is 0.784. The van der Waals surface area contributed by atoms with E-state index in [9.17, 15) is 8.42 Å². The minimum atomic E-state index is -3.54. The number of nitrogens with one attached hydrogen (secondary N) is 1. The van der Waals surface area contributed by atoms with Crippen LogP contribution in [0.1, 0.15) is 4.88 Å². The Morgan fingerprint density at radius 1 is 1.45 bits per heavy atom. The third-order valence-corrected chi connectivity index (χ3v) is 6.17. The van der Waals surface area contributed by atoms with E-state index >= 15 is 0 Å². The fraction of sp³-hybridized carbons (Fsp3) is 0.667. The van der Waals surface area contributed by atoms with Gasteiger partial charge in [0.2, 0.25) is 10.0 Å². The SMILES string of the molecule is CN1CCN(C)C(CNS(=O)(=O)c2ccsc2CO)C1. The summed E-state index contributed by atoms with van der Waals surface area (Å²) in [5, 5.41) is 10.8. The Balaban J connectivity index is 2.02. The van der Waals surface area contributed by atoms with E-state index in [0.717, 1.165) is 19.6 Å². The van der Waals surface area contributed by atoms with Crippen LogP contribution in [0, 0.1) is 0 Å². The van der Waals surface area contributed by atoms with Gasteiger partial charge in [-0.05, 0) is 25.5 Å². The molecule has 1 atom stereocenters. The van der Waals surface area contributed by atoms with E-state index in [0.29, 0.717) is 11.4 Å². The van der Waals surface area contributed by atoms with Gasteiger partial charge >= 0.3 is 0 Å². The van der Waals surface area contributed by atoms with Gasteiger partial charge < -0.3 is 10.0 Å². The summed E-state index contributed by atoms with van der Waals surface area (Å²) in [6.45, 7) is 2.90. The first-order valence-electron chi connectivity index (χ1n) is 6.49. The molecule has 20 heavy (non-hydrogen) atoms. The molecule has 0 radical (unpaired) electrons. The van der Waals surface area contributed by atoms with Gasteiger partial charge in [0.05, 0.1) is 11.5 Å². The summed E-state index contributed by atoms with van der Waals surface area (Å²) >= 11 is 1.25. The summed E-state index contributed by atoms with van der Waals surface area (Å²) in [6, 6.07) is 1.70. The summed E-state index contributed by atoms with van der Waals surface area (Å²) < 4.78 is 27.2. The van der Waals surface area contributed by atoms with E-state index in [1.807, 2.05) is 14.1 Å². The molecule has 1 aromatic rings. The molecular weight excluding hydrogens is 298 g/mol. The Kier molecular flexibility index (Phi) is 5.16. The highest BCUT2D eigenvalue weighted by Gasteiger charge is 2.25. The number of hydrogen-bond donors (Lipinski definition) is 2. The molecular formula is C12H21N3O3S2. The first-order valence-corrected chi connectivity index (χ1v) is 8.86. The van der Waals surface area contributed by atoms with Crippen LogP contribution in [-0.2, 0) is 16.6 Å². The minimum Gasteiger partial charge on any atom is -0.391 e. The van der Waals surface area contributed by atoms with Crippen molar-refractivity contribution in [2.45, 2.75) is 17.5 Å². The van der Waals surface area contributed by atoms with E-state index in [-0.39, 0.29) is 17.5 Å². The second-order valence-electron chi connectivity index (χ2n) is 5.11. The van der Waals surface area contributed by atoms with Crippen LogP contribution in [0.4, 0.5) is 0 Å². The Labute approximate surface area is 124 Å². The molecule has 0 aliphatic carbocycles. The van der Waals surface area contributed by atoms with E-state index in [2.05, 4.69) is 14.5 Å². The fourth-order valence-corrected chi connectivity index (χ4v) is 4.65. The lowest BCUT2D eigenvalue weighted by atomic mass is 10.2. The van der Waals surface area contributed by atoms with Crippen molar-refractivity contribution >= 4 is 21.4 Å². The highest BCUT2D eigenvalue weighted by Crippen LogP contribution is 2.21. The molecule has 1 fully saturated rings. The number of likely N-dealkylation sites (N-methyl/N-ethyl adjacent to an activating group) is 2. The van der Waals surface area contributed by atoms with E-state index in [4.69, 9.17) is 5.11 Å². The minimum absolute atomic E-state index is 0.166. The lowest BCUT2D eigenvalue weighted by molar-refractivity contribution is 0.117. The molecule has 2 rings (SSSR count). The van der Waals surface area contributed by atoms with Crippen LogP contribution in [0.15, 0.2) is 16.3 Å². The molecule has 2 heterocycles. The van der Waals surface area contributed by atoms with Gasteiger partial charge in [0, 0.05) is 37.1 Å². The molecule has 0 spiro atoms. The average molecular weight is 319 g/mol. The summed E-state index contributed by atoms with van der Waals surface area (Å²) in [7, 11) is 0.504. The average Bonchev–Trinajstić information content (AvgIpc) is 2.89. The molecule has 8 heteroatoms. The molecule has 0 amide bonds. The number of thiophene rings is 1. The third-order valence-electron chi connectivity index (χ3n) is 3.63. The number of piperazine rings is 1. The van der Waals surface area contributed by atoms with Gasteiger partial charge in [-0.3, -0.25) is 4.90 Å². The molecule has 1 aromatic heterocycles. The third kappa shape index (κ3) is 3.57. The number of rotatable bonds is 5. The Morgan fingerprint density at radius 2 is 2.20 bits per heavy atom. The largest absolute Gasteiger partial charge is 0.391 e. The monoisotopic (exact) mass is 319 g/mol. The molecule has 1 saturated heterocycles. The van der Waals surface area contributed by atoms with E-state index < -0.39 is 10.0 Å². The molecule has 0 saturated carbocycles. The van der Waals surface area contributed by atoms with E-state index in [1.165, 1.54) is 17.4 Å². The lowest BCUT2D eigenvalue weighted by Gasteiger charge is -2.37. The van der Waals surface area contributed by atoms with Gasteiger partial charge in [-0.2, -0.15) is 0 Å². The van der Waals surface area contributed by atoms with Crippen molar-refractivity contribution in [3.05, 3.63) is 16.3 Å². The summed E-state index contributed by atoms with van der Waals surface area (Å²) in [4.78, 5) is 5.04. The number of aliphatic hydroxyl groups excluding tert-OH is 1. The maximum Gasteiger partial charge on any atom is 0.241 e. The molecule has 1 unspecified atom stereocenters. The number of sulfonamides is 1. The van der Waals surface area contributed by atoms with Crippen molar-refractivity contribution < 1.29 is 13.5 Å². The standard InChI is InChI=1S/C12H21N3O3S2/c1-14-4-5-15(2)10(8-14)7-13-20(17,18)12-3-6-19-11(12)9-16/h3,6,10,13,16H,4-5,7-9H2,1-2H3. The van der Waals surface area contributed by atoms with Gasteiger partial charge in [-0.15, -0.1) is 11.3 Å². The van der Waals surface area contributed by atoms with Crippen LogP contribution in [-0.4, -0.2) is 69.6 Å². The zero-order valence-corrected chi connectivity index (χ0v) is 13.4. The molecule has 1 aliphatic rings. The summed E-state index contributed by atoms with van der Waals surface area (Å²) in [6.07, 6.45) is 0. The number of nitrogens with zero attached hydrogens (tertiary/aromatic N) is 2. The normalized spacial score (nSPS) is 22.2. The number of hydrogen-bond acceptors (Lipinski definition) is 6. The van der Waals surface area contributed by atoms with Crippen LogP contribution >= 0.6 is 11.3 Å². The van der Waals surface area contributed by atoms with Crippen molar-refractivity contribution in [2.75, 3.05) is 40.3 Å². The van der Waals surface area contributed by atoms with Crippen LogP contribution in [0.2, 0.25) is 0 Å². The van der Waals surface area contributed by atoms with Gasteiger partial charge in [-0.25, -0.2) is 13.1 Å². The van der Waals surface area contributed by atoms with Crippen LogP contribution in [0.25, 0.3) is 0 Å². The van der Waals surface area contributed by atoms with E-state index in [1.54, 1.807) is 5.38 Å². The fourth-order valence-electron chi connectivity index (χ4n) is 2.29. The van der Waals surface area contributed by atoms with Crippen molar-refractivity contribution in [3.8, 4) is 0 Å². The molecule has 1 aliphatic heterocycles. The second kappa shape index (κ2) is 6.50. The van der Waals surface area contributed by atoms with Gasteiger partial charge in [0.15, 0.2) is 0 Å². The Hall–Kier alpha value is -0.510. The Morgan fingerprint density at radius 3 is 2.90 bits per heavy atom. The predicted octanol–water partition coefficient (Wildman–Crippen LogP) is -0.235. The first-order chi connectivity index (χ1) is 9.44. The zero-order chi connectivity index (χ0) is 14.8. The first kappa shape index (κ1) is 15.9. The van der Waals surface area contributed by atoms with Gasteiger partial charge in [-0.1, -0.05) is 0 Å². The number of aliphatic hydroxyl groups is 1. The molecule has 0 bridgehead atoms. The highest BCUT2D eigenvalue weighted by atomic mass is 32.2. The van der Waals surface area contributed by atoms with Crippen molar-refractivity contribution in [2.24, 2.45) is 0 Å². The zero-order valence-electron chi connectivity index (χ0n) is 11.7. The molecule has 114 valence electrons.